The summed E-state index contributed by atoms with van der Waals surface area (Å²) < 4.78 is 5.05. The zero-order valence-corrected chi connectivity index (χ0v) is 12.9. The summed E-state index contributed by atoms with van der Waals surface area (Å²) in [6.45, 7) is 0.250. The van der Waals surface area contributed by atoms with Crippen LogP contribution < -0.4 is 15.4 Å². The Bertz CT molecular complexity index is 662. The summed E-state index contributed by atoms with van der Waals surface area (Å²) in [6, 6.07) is 12.0. The molecule has 0 heterocycles. The van der Waals surface area contributed by atoms with E-state index in [9.17, 15) is 9.90 Å². The van der Waals surface area contributed by atoms with Crippen molar-refractivity contribution < 1.29 is 14.6 Å². The molecule has 0 aliphatic rings. The topological polar surface area (TPSA) is 70.6 Å². The number of halogens is 1. The molecule has 2 aromatic carbocycles. The van der Waals surface area contributed by atoms with Gasteiger partial charge < -0.3 is 20.5 Å². The Kier molecular flexibility index (Phi) is 5.63. The number of hydrogen-bond acceptors (Lipinski definition) is 3. The van der Waals surface area contributed by atoms with E-state index in [0.717, 1.165) is 11.1 Å². The molecule has 0 atom stereocenters. The molecule has 116 valence electrons. The van der Waals surface area contributed by atoms with Crippen molar-refractivity contribution in [1.29, 1.82) is 0 Å². The summed E-state index contributed by atoms with van der Waals surface area (Å²) in [5, 5.41) is 15.0. The lowest BCUT2D eigenvalue weighted by atomic mass is 10.1. The molecule has 2 amide bonds. The van der Waals surface area contributed by atoms with Crippen LogP contribution in [0.1, 0.15) is 11.1 Å². The third kappa shape index (κ3) is 4.13. The summed E-state index contributed by atoms with van der Waals surface area (Å²) in [7, 11) is 1.55. The lowest BCUT2D eigenvalue weighted by Crippen LogP contribution is -2.28. The first-order valence-electron chi connectivity index (χ1n) is 6.70. The minimum absolute atomic E-state index is 0.0657. The highest BCUT2D eigenvalue weighted by molar-refractivity contribution is 6.33. The normalized spacial score (nSPS) is 10.1. The fourth-order valence-electron chi connectivity index (χ4n) is 1.95. The van der Waals surface area contributed by atoms with Gasteiger partial charge in [0.2, 0.25) is 0 Å². The second kappa shape index (κ2) is 7.68. The van der Waals surface area contributed by atoms with Crippen LogP contribution in [0.15, 0.2) is 42.5 Å². The van der Waals surface area contributed by atoms with Crippen molar-refractivity contribution in [1.82, 2.24) is 5.32 Å². The van der Waals surface area contributed by atoms with E-state index < -0.39 is 0 Å². The molecule has 5 nitrogen and oxygen atoms in total. The van der Waals surface area contributed by atoms with Crippen molar-refractivity contribution in [2.45, 2.75) is 13.2 Å². The molecule has 0 unspecified atom stereocenters. The van der Waals surface area contributed by atoms with Gasteiger partial charge in [-0.2, -0.15) is 0 Å². The molecule has 0 aliphatic heterocycles. The maximum Gasteiger partial charge on any atom is 0.319 e. The number of carbonyl (C=O) groups is 1. The lowest BCUT2D eigenvalue weighted by molar-refractivity contribution is 0.251. The fourth-order valence-corrected chi connectivity index (χ4v) is 2.17. The lowest BCUT2D eigenvalue weighted by Gasteiger charge is -2.11. The molecule has 0 saturated carbocycles. The molecule has 2 aromatic rings. The Balaban J connectivity index is 1.96. The molecule has 3 N–H and O–H groups in total. The van der Waals surface area contributed by atoms with Gasteiger partial charge in [-0.15, -0.1) is 0 Å². The smallest absolute Gasteiger partial charge is 0.319 e. The molecule has 0 spiro atoms. The third-order valence-electron chi connectivity index (χ3n) is 3.15. The van der Waals surface area contributed by atoms with Crippen LogP contribution in [-0.2, 0) is 13.2 Å². The molecule has 0 saturated heterocycles. The number of methoxy groups -OCH3 is 1. The number of nitrogens with one attached hydrogen (secondary N) is 2. The van der Waals surface area contributed by atoms with E-state index in [4.69, 9.17) is 16.3 Å². The molecular formula is C16H17ClN2O3. The number of hydrogen-bond donors (Lipinski definition) is 3. The van der Waals surface area contributed by atoms with Crippen LogP contribution in [0.25, 0.3) is 0 Å². The Labute approximate surface area is 133 Å². The monoisotopic (exact) mass is 320 g/mol. The summed E-state index contributed by atoms with van der Waals surface area (Å²) >= 11 is 6.06. The Morgan fingerprint density at radius 2 is 1.95 bits per heavy atom. The van der Waals surface area contributed by atoms with E-state index >= 15 is 0 Å². The molecule has 6 heteroatoms. The van der Waals surface area contributed by atoms with Gasteiger partial charge in [-0.1, -0.05) is 35.9 Å². The molecule has 2 rings (SSSR count). The third-order valence-corrected chi connectivity index (χ3v) is 3.47. The number of benzene rings is 2. The number of aliphatic hydroxyl groups is 1. The number of ether oxygens (including phenoxy) is 1. The highest BCUT2D eigenvalue weighted by Gasteiger charge is 2.07. The van der Waals surface area contributed by atoms with Gasteiger partial charge in [0, 0.05) is 12.6 Å². The quantitative estimate of drug-likeness (QED) is 0.792. The summed E-state index contributed by atoms with van der Waals surface area (Å²) in [5.41, 5.74) is 2.14. The van der Waals surface area contributed by atoms with Crippen LogP contribution in [0.4, 0.5) is 10.5 Å². The van der Waals surface area contributed by atoms with Crippen molar-refractivity contribution in [2.75, 3.05) is 12.4 Å². The maximum atomic E-state index is 11.9. The first-order chi connectivity index (χ1) is 10.6. The molecule has 0 bridgehead atoms. The van der Waals surface area contributed by atoms with Crippen LogP contribution in [0.5, 0.6) is 5.75 Å². The van der Waals surface area contributed by atoms with Crippen LogP contribution >= 0.6 is 11.6 Å². The zero-order chi connectivity index (χ0) is 15.9. The molecule has 0 fully saturated rings. The summed E-state index contributed by atoms with van der Waals surface area (Å²) in [4.78, 5) is 11.9. The van der Waals surface area contributed by atoms with Crippen molar-refractivity contribution in [3.05, 3.63) is 58.6 Å². The molecule has 0 aromatic heterocycles. The van der Waals surface area contributed by atoms with Crippen LogP contribution in [0, 0.1) is 0 Å². The zero-order valence-electron chi connectivity index (χ0n) is 12.1. The number of aliphatic hydroxyl groups excluding tert-OH is 1. The first-order valence-corrected chi connectivity index (χ1v) is 7.08. The van der Waals surface area contributed by atoms with Gasteiger partial charge in [0.25, 0.3) is 0 Å². The van der Waals surface area contributed by atoms with Gasteiger partial charge in [0.05, 0.1) is 24.4 Å². The standard InChI is InChI=1S/C16H17ClN2O3/c1-22-13-6-7-15(14(17)8-13)19-16(21)18-9-11-4-2-3-5-12(11)10-20/h2-8,20H,9-10H2,1H3,(H2,18,19,21). The van der Waals surface area contributed by atoms with E-state index in [1.54, 1.807) is 25.3 Å². The molecule has 0 radical (unpaired) electrons. The van der Waals surface area contributed by atoms with E-state index in [0.29, 0.717) is 23.0 Å². The van der Waals surface area contributed by atoms with Crippen LogP contribution in [0.3, 0.4) is 0 Å². The average molecular weight is 321 g/mol. The Morgan fingerprint density at radius 3 is 2.59 bits per heavy atom. The average Bonchev–Trinajstić information content (AvgIpc) is 2.55. The van der Waals surface area contributed by atoms with E-state index in [2.05, 4.69) is 10.6 Å². The number of carbonyl (C=O) groups excluding carboxylic acids is 1. The van der Waals surface area contributed by atoms with Crippen molar-refractivity contribution >= 4 is 23.3 Å². The van der Waals surface area contributed by atoms with Gasteiger partial charge in [-0.05, 0) is 23.3 Å². The van der Waals surface area contributed by atoms with Crippen LogP contribution in [0.2, 0.25) is 5.02 Å². The van der Waals surface area contributed by atoms with Crippen molar-refractivity contribution in [2.24, 2.45) is 0 Å². The molecular weight excluding hydrogens is 304 g/mol. The van der Waals surface area contributed by atoms with Gasteiger partial charge in [0.15, 0.2) is 0 Å². The van der Waals surface area contributed by atoms with Crippen molar-refractivity contribution in [3.8, 4) is 5.75 Å². The number of amides is 2. The van der Waals surface area contributed by atoms with Crippen molar-refractivity contribution in [3.63, 3.8) is 0 Å². The maximum absolute atomic E-state index is 11.9. The minimum atomic E-state index is -0.375. The second-order valence-corrected chi connectivity index (χ2v) is 4.99. The van der Waals surface area contributed by atoms with E-state index in [-0.39, 0.29) is 12.6 Å². The number of anilines is 1. The van der Waals surface area contributed by atoms with Gasteiger partial charge in [-0.3, -0.25) is 0 Å². The minimum Gasteiger partial charge on any atom is -0.497 e. The predicted octanol–water partition coefficient (Wildman–Crippen LogP) is 3.16. The highest BCUT2D eigenvalue weighted by Crippen LogP contribution is 2.26. The Hall–Kier alpha value is -2.24. The fraction of sp³-hybridized carbons (Fsp3) is 0.188. The first kappa shape index (κ1) is 16.1. The second-order valence-electron chi connectivity index (χ2n) is 4.58. The van der Waals surface area contributed by atoms with Gasteiger partial charge in [-0.25, -0.2) is 4.79 Å². The van der Waals surface area contributed by atoms with Gasteiger partial charge >= 0.3 is 6.03 Å². The predicted molar refractivity (Wildman–Crippen MR) is 86.2 cm³/mol. The summed E-state index contributed by atoms with van der Waals surface area (Å²) in [6.07, 6.45) is 0. The number of urea groups is 1. The molecule has 0 aliphatic carbocycles. The highest BCUT2D eigenvalue weighted by atomic mass is 35.5. The number of rotatable bonds is 5. The molecule has 22 heavy (non-hydrogen) atoms. The largest absolute Gasteiger partial charge is 0.497 e. The summed E-state index contributed by atoms with van der Waals surface area (Å²) in [5.74, 6) is 0.618. The van der Waals surface area contributed by atoms with Crippen LogP contribution in [-0.4, -0.2) is 18.2 Å². The Morgan fingerprint density at radius 1 is 1.23 bits per heavy atom. The van der Waals surface area contributed by atoms with E-state index in [1.165, 1.54) is 0 Å². The van der Waals surface area contributed by atoms with Gasteiger partial charge in [0.1, 0.15) is 5.75 Å². The van der Waals surface area contributed by atoms with E-state index in [1.807, 2.05) is 24.3 Å². The SMILES string of the molecule is COc1ccc(NC(=O)NCc2ccccc2CO)c(Cl)c1.